The molecule has 7 heteroatoms. The van der Waals surface area contributed by atoms with Crippen LogP contribution in [-0.2, 0) is 76.1 Å². The molecule has 4 unspecified atom stereocenters. The molecule has 0 fully saturated rings. The number of rotatable bonds is 13. The maximum atomic E-state index is 9.48. The van der Waals surface area contributed by atoms with Crippen LogP contribution < -0.4 is 4.74 Å². The summed E-state index contributed by atoms with van der Waals surface area (Å²) in [5.41, 5.74) is 10.3. The van der Waals surface area contributed by atoms with Gasteiger partial charge in [-0.05, 0) is 247 Å². The Morgan fingerprint density at radius 3 is 0.914 bits per heavy atom. The third-order valence-corrected chi connectivity index (χ3v) is 32.1. The molecule has 1 heterocycles. The van der Waals surface area contributed by atoms with E-state index in [9.17, 15) is 5.11 Å². The fraction of sp³-hybridized carbons (Fsp3) is 0.193. The van der Waals surface area contributed by atoms with E-state index >= 15 is 0 Å². The van der Waals surface area contributed by atoms with E-state index in [-0.39, 0.29) is 82.2 Å². The molecule has 116 heavy (non-hydrogen) atoms. The molecule has 0 saturated carbocycles. The number of para-hydroxylation sites is 1. The summed E-state index contributed by atoms with van der Waals surface area (Å²) < 4.78 is 6.16. The first-order valence-electron chi connectivity index (χ1n) is 40.2. The summed E-state index contributed by atoms with van der Waals surface area (Å²) >= 11 is 0. The van der Waals surface area contributed by atoms with Gasteiger partial charge in [0.2, 0.25) is 4.90 Å². The van der Waals surface area contributed by atoms with Gasteiger partial charge in [-0.25, -0.2) is 0 Å². The third kappa shape index (κ3) is 22.3. The SMILES string of the molecule is C1=CC2Oc3ccccc3[S+](c3ccccc3)C2C=C1.CC(C)(C)c1ccc([S+](c2ccccc2)c2ccc(C(C)(C)C)cc2)cc1.Cc1cc(C(C)(C)C)ccc1[S+](c1ccccc1)c1ccc(C(C)(C)C)cc1.Cc1ccc([S+](c2ccccc2)c2ccccc2)c(C)c1.Oc1ccc([S+](c2ccccc2)c2ccccc2)cc1. The molecule has 2 aliphatic rings. The second kappa shape index (κ2) is 39.2. The van der Waals surface area contributed by atoms with Crippen LogP contribution >= 0.6 is 0 Å². The average Bonchev–Trinajstić information content (AvgIpc) is 0.766. The van der Waals surface area contributed by atoms with Gasteiger partial charge in [0, 0.05) is 11.1 Å². The van der Waals surface area contributed by atoms with Crippen molar-refractivity contribution in [3.63, 3.8) is 0 Å². The smallest absolute Gasteiger partial charge is 0.203 e. The summed E-state index contributed by atoms with van der Waals surface area (Å²) in [4.78, 5) is 18.9. The molecule has 0 aromatic heterocycles. The molecule has 2 nitrogen and oxygen atoms in total. The molecule has 4 atom stereocenters. The molecule has 0 bridgehead atoms. The summed E-state index contributed by atoms with van der Waals surface area (Å²) in [6.07, 6.45) is 8.84. The Bertz CT molecular complexity index is 5300. The Morgan fingerprint density at radius 2 is 0.560 bits per heavy atom. The highest BCUT2D eigenvalue weighted by Crippen LogP contribution is 2.44. The molecular formula is C109H113O2S5+5. The van der Waals surface area contributed by atoms with Gasteiger partial charge in [-0.2, -0.15) is 0 Å². The minimum atomic E-state index is -0.134. The Morgan fingerprint density at radius 1 is 0.276 bits per heavy atom. The molecule has 14 aromatic rings. The fourth-order valence-electron chi connectivity index (χ4n) is 13.9. The standard InChI is InChI=1S/C27H33S.C26H31S.C20H19S.C18H15OS.C18H14OS/c1-20-19-22(27(5,6)7)15-18-25(20)28(23-11-9-8-10-12-23)24-16-13-21(14-17-24)26(2,3)4;1-25(2,3)20-12-16-23(17-13-20)27(22-10-8-7-9-11-22)24-18-14-21(15-19-24)26(4,5)6;1-16-13-14-20(17(2)15-16)21(18-9-5-3-6-10-18)19-11-7-4-8-12-19;1-2-8-14(9-3-1)20-17-12-6-4-10-15(17)19-16-11-5-7-13-18(16)20;19-15-11-13-18(14-12-15)20(16-7-3-1-4-8-16)17-9-5-2-6-10-17/h8-19H,1-7H3;7-19H,1-6H3;3-15H,1-2H3;1-13,15,17H;1-14H/q4*+1;/p+1. The Hall–Kier alpha value is -10.1. The highest BCUT2D eigenvalue weighted by molar-refractivity contribution is 7.98. The molecular weight excluding hydrogens is 1500 g/mol. The summed E-state index contributed by atoms with van der Waals surface area (Å²) in [7, 11) is -0.312. The van der Waals surface area contributed by atoms with E-state index in [0.717, 1.165) is 5.75 Å². The van der Waals surface area contributed by atoms with Crippen molar-refractivity contribution < 1.29 is 9.84 Å². The number of benzene rings is 14. The van der Waals surface area contributed by atoms with E-state index in [1.54, 1.807) is 12.1 Å². The van der Waals surface area contributed by atoms with Crippen LogP contribution in [0.25, 0.3) is 0 Å². The molecule has 0 amide bonds. The van der Waals surface area contributed by atoms with Crippen LogP contribution in [0.4, 0.5) is 0 Å². The number of phenols is 1. The molecule has 16 rings (SSSR count). The topological polar surface area (TPSA) is 29.5 Å². The lowest BCUT2D eigenvalue weighted by Gasteiger charge is -2.30. The predicted octanol–water partition coefficient (Wildman–Crippen LogP) is 28.9. The molecule has 1 N–H and O–H groups in total. The number of aryl methyl sites for hydroxylation is 3. The second-order valence-corrected chi connectivity index (χ2v) is 43.5. The normalized spacial score (nSPS) is 14.5. The van der Waals surface area contributed by atoms with Crippen molar-refractivity contribution >= 4 is 54.5 Å². The van der Waals surface area contributed by atoms with Crippen molar-refractivity contribution in [3.8, 4) is 11.5 Å². The van der Waals surface area contributed by atoms with Gasteiger partial charge in [-0.15, -0.1) is 0 Å². The van der Waals surface area contributed by atoms with Crippen molar-refractivity contribution in [2.24, 2.45) is 0 Å². The summed E-state index contributed by atoms with van der Waals surface area (Å²) in [5, 5.41) is 9.88. The first kappa shape index (κ1) is 85.3. The van der Waals surface area contributed by atoms with Gasteiger partial charge in [-0.1, -0.05) is 301 Å². The Labute approximate surface area is 708 Å². The maximum Gasteiger partial charge on any atom is 0.203 e. The van der Waals surface area contributed by atoms with Gasteiger partial charge >= 0.3 is 0 Å². The fourth-order valence-corrected chi connectivity index (χ4v) is 25.0. The van der Waals surface area contributed by atoms with E-state index in [4.69, 9.17) is 4.74 Å². The molecule has 0 saturated heterocycles. The van der Waals surface area contributed by atoms with Gasteiger partial charge in [0.25, 0.3) is 0 Å². The Kier molecular flexibility index (Phi) is 28.8. The molecule has 0 radical (unpaired) electrons. The highest BCUT2D eigenvalue weighted by atomic mass is 32.2. The number of allylic oxidation sites excluding steroid dienone is 2. The monoisotopic (exact) mass is 1610 g/mol. The highest BCUT2D eigenvalue weighted by Gasteiger charge is 2.47. The zero-order valence-corrected chi connectivity index (χ0v) is 74.2. The van der Waals surface area contributed by atoms with Crippen LogP contribution in [0.15, 0.2) is 463 Å². The minimum absolute atomic E-state index is 0.0345. The van der Waals surface area contributed by atoms with Gasteiger partial charge in [0.05, 0.1) is 54.5 Å². The van der Waals surface area contributed by atoms with E-state index in [2.05, 4.69) is 456 Å². The van der Waals surface area contributed by atoms with Crippen LogP contribution in [-0.4, -0.2) is 16.5 Å². The van der Waals surface area contributed by atoms with Crippen LogP contribution in [0, 0.1) is 20.8 Å². The van der Waals surface area contributed by atoms with Crippen molar-refractivity contribution in [2.45, 2.75) is 205 Å². The van der Waals surface area contributed by atoms with Gasteiger partial charge in [0.1, 0.15) is 5.75 Å². The largest absolute Gasteiger partial charge is 0.508 e. The van der Waals surface area contributed by atoms with Crippen LogP contribution in [0.5, 0.6) is 11.5 Å². The van der Waals surface area contributed by atoms with E-state index < -0.39 is 0 Å². The van der Waals surface area contributed by atoms with Crippen LogP contribution in [0.1, 0.15) is 122 Å². The minimum Gasteiger partial charge on any atom is -0.508 e. The van der Waals surface area contributed by atoms with E-state index in [0.29, 0.717) is 11.0 Å². The van der Waals surface area contributed by atoms with Crippen molar-refractivity contribution in [2.75, 3.05) is 0 Å². The van der Waals surface area contributed by atoms with E-state index in [1.165, 1.54) is 107 Å². The number of hydrogen-bond donors (Lipinski definition) is 1. The lowest BCUT2D eigenvalue weighted by atomic mass is 9.86. The summed E-state index contributed by atoms with van der Waals surface area (Å²) in [6.45, 7) is 33.9. The summed E-state index contributed by atoms with van der Waals surface area (Å²) in [5.74, 6) is 1.33. The van der Waals surface area contributed by atoms with Crippen molar-refractivity contribution in [1.29, 1.82) is 0 Å². The maximum absolute atomic E-state index is 9.48. The molecule has 14 aromatic carbocycles. The zero-order valence-electron chi connectivity index (χ0n) is 70.1. The Balaban J connectivity index is 0.000000135. The molecule has 586 valence electrons. The van der Waals surface area contributed by atoms with Gasteiger partial charge in [0.15, 0.2) is 80.7 Å². The lowest BCUT2D eigenvalue weighted by Crippen LogP contribution is -2.40. The van der Waals surface area contributed by atoms with Crippen LogP contribution in [0.3, 0.4) is 0 Å². The molecule has 1 aliphatic heterocycles. The molecule has 0 spiro atoms. The quantitative estimate of drug-likeness (QED) is 0.117. The first-order chi connectivity index (χ1) is 55.8. The number of hydrogen-bond acceptors (Lipinski definition) is 2. The first-order valence-corrected chi connectivity index (χ1v) is 46.4. The van der Waals surface area contributed by atoms with Gasteiger partial charge < -0.3 is 9.84 Å². The second-order valence-electron chi connectivity index (χ2n) is 33.3. The van der Waals surface area contributed by atoms with Crippen molar-refractivity contribution in [1.82, 2.24) is 0 Å². The third-order valence-electron chi connectivity index (χ3n) is 20.3. The average molecular weight is 1620 g/mol. The number of aromatic hydroxyl groups is 1. The number of ether oxygens (including phenoxy) is 1. The zero-order chi connectivity index (χ0) is 82.0. The van der Waals surface area contributed by atoms with E-state index in [1.807, 2.05) is 30.3 Å². The predicted molar refractivity (Wildman–Crippen MR) is 500 cm³/mol. The number of phenolic OH excluding ortho intramolecular Hbond substituents is 1. The number of fused-ring (bicyclic) bond motifs is 2. The molecule has 1 aliphatic carbocycles. The lowest BCUT2D eigenvalue weighted by molar-refractivity contribution is 0.242. The summed E-state index contributed by atoms with van der Waals surface area (Å²) in [6, 6.07) is 133. The van der Waals surface area contributed by atoms with Crippen molar-refractivity contribution in [3.05, 3.63) is 433 Å². The van der Waals surface area contributed by atoms with Gasteiger partial charge in [-0.3, -0.25) is 0 Å². The van der Waals surface area contributed by atoms with Crippen LogP contribution in [0.2, 0.25) is 0 Å².